The Morgan fingerprint density at radius 2 is 1.74 bits per heavy atom. The van der Waals surface area contributed by atoms with E-state index in [0.29, 0.717) is 36.6 Å². The molecule has 6 nitrogen and oxygen atoms in total. The largest absolute Gasteiger partial charge is 0.493 e. The molecule has 0 fully saturated rings. The lowest BCUT2D eigenvalue weighted by Gasteiger charge is -2.14. The maximum absolute atomic E-state index is 11.8. The summed E-state index contributed by atoms with van der Waals surface area (Å²) in [6.07, 6.45) is 1.77. The molecule has 132 valence electrons. The molecular weight excluding hydrogens is 320 g/mol. The third kappa shape index (κ3) is 6.97. The van der Waals surface area contributed by atoms with Gasteiger partial charge in [-0.3, -0.25) is 4.79 Å². The quantitative estimate of drug-likeness (QED) is 0.713. The van der Waals surface area contributed by atoms with E-state index in [4.69, 9.17) is 19.9 Å². The molecular formula is C16H27ClN2O4. The van der Waals surface area contributed by atoms with E-state index < -0.39 is 0 Å². The van der Waals surface area contributed by atoms with Gasteiger partial charge in [0.2, 0.25) is 11.7 Å². The normalized spacial score (nSPS) is 11.2. The zero-order valence-corrected chi connectivity index (χ0v) is 15.0. The highest BCUT2D eigenvalue weighted by Crippen LogP contribution is 2.38. The van der Waals surface area contributed by atoms with E-state index in [0.717, 1.165) is 12.0 Å². The Balaban J connectivity index is 0.00000484. The Morgan fingerprint density at radius 1 is 1.17 bits per heavy atom. The monoisotopic (exact) mass is 346 g/mol. The molecule has 0 aliphatic carbocycles. The van der Waals surface area contributed by atoms with E-state index in [2.05, 4.69) is 5.32 Å². The summed E-state index contributed by atoms with van der Waals surface area (Å²) in [6, 6.07) is 3.81. The topological polar surface area (TPSA) is 82.8 Å². The van der Waals surface area contributed by atoms with E-state index in [1.807, 2.05) is 19.1 Å². The lowest BCUT2D eigenvalue weighted by atomic mass is 10.1. The highest BCUT2D eigenvalue weighted by Gasteiger charge is 2.13. The van der Waals surface area contributed by atoms with Gasteiger partial charge in [0.1, 0.15) is 0 Å². The van der Waals surface area contributed by atoms with Gasteiger partial charge in [-0.2, -0.15) is 0 Å². The Bertz CT molecular complexity index is 470. The minimum Gasteiger partial charge on any atom is -0.493 e. The molecule has 0 saturated heterocycles. The summed E-state index contributed by atoms with van der Waals surface area (Å²) in [5, 5.41) is 2.86. The van der Waals surface area contributed by atoms with Crippen molar-refractivity contribution in [3.63, 3.8) is 0 Å². The molecule has 1 atom stereocenters. The van der Waals surface area contributed by atoms with Crippen LogP contribution in [0.15, 0.2) is 12.1 Å². The van der Waals surface area contributed by atoms with Crippen LogP contribution < -0.4 is 25.3 Å². The highest BCUT2D eigenvalue weighted by atomic mass is 35.5. The van der Waals surface area contributed by atoms with Gasteiger partial charge in [0, 0.05) is 19.0 Å². The molecule has 0 spiro atoms. The smallest absolute Gasteiger partial charge is 0.220 e. The first kappa shape index (κ1) is 21.3. The molecule has 23 heavy (non-hydrogen) atoms. The number of halogens is 1. The molecule has 0 saturated carbocycles. The van der Waals surface area contributed by atoms with Crippen LogP contribution >= 0.6 is 12.4 Å². The summed E-state index contributed by atoms with van der Waals surface area (Å²) in [6.45, 7) is 2.52. The average Bonchev–Trinajstić information content (AvgIpc) is 2.51. The van der Waals surface area contributed by atoms with Gasteiger partial charge in [0.25, 0.3) is 0 Å². The molecule has 7 heteroatoms. The second kappa shape index (κ2) is 11.0. The van der Waals surface area contributed by atoms with Crippen molar-refractivity contribution in [1.29, 1.82) is 0 Å². The number of ether oxygens (including phenoxy) is 3. The Hall–Kier alpha value is -1.66. The van der Waals surface area contributed by atoms with Crippen molar-refractivity contribution >= 4 is 18.3 Å². The van der Waals surface area contributed by atoms with Gasteiger partial charge in [-0.1, -0.05) is 0 Å². The number of amides is 1. The Morgan fingerprint density at radius 3 is 2.17 bits per heavy atom. The van der Waals surface area contributed by atoms with Crippen LogP contribution in [-0.4, -0.2) is 39.8 Å². The molecule has 3 N–H and O–H groups in total. The van der Waals surface area contributed by atoms with Crippen molar-refractivity contribution < 1.29 is 19.0 Å². The van der Waals surface area contributed by atoms with Gasteiger partial charge in [-0.15, -0.1) is 12.4 Å². The summed E-state index contributed by atoms with van der Waals surface area (Å²) in [4.78, 5) is 11.8. The lowest BCUT2D eigenvalue weighted by molar-refractivity contribution is -0.121. The number of methoxy groups -OCH3 is 3. The molecule has 0 heterocycles. The SMILES string of the molecule is COc1cc(CCC(=O)NCCC(C)N)cc(OC)c1OC.Cl. The fraction of sp³-hybridized carbons (Fsp3) is 0.562. The van der Waals surface area contributed by atoms with Crippen molar-refractivity contribution in [1.82, 2.24) is 5.32 Å². The number of hydrogen-bond donors (Lipinski definition) is 2. The van der Waals surface area contributed by atoms with Crippen LogP contribution in [-0.2, 0) is 11.2 Å². The van der Waals surface area contributed by atoms with Gasteiger partial charge >= 0.3 is 0 Å². The molecule has 1 unspecified atom stereocenters. The molecule has 0 aliphatic heterocycles. The number of carbonyl (C=O) groups excluding carboxylic acids is 1. The van der Waals surface area contributed by atoms with Crippen LogP contribution in [0.5, 0.6) is 17.2 Å². The van der Waals surface area contributed by atoms with Crippen LogP contribution in [0.25, 0.3) is 0 Å². The predicted molar refractivity (Wildman–Crippen MR) is 92.9 cm³/mol. The molecule has 0 aromatic heterocycles. The van der Waals surface area contributed by atoms with Gasteiger partial charge in [-0.25, -0.2) is 0 Å². The Kier molecular flexibility index (Phi) is 10.2. The van der Waals surface area contributed by atoms with Crippen LogP contribution in [0.3, 0.4) is 0 Å². The summed E-state index contributed by atoms with van der Waals surface area (Å²) in [5.41, 5.74) is 6.60. The highest BCUT2D eigenvalue weighted by molar-refractivity contribution is 5.85. The average molecular weight is 347 g/mol. The molecule has 1 amide bonds. The van der Waals surface area contributed by atoms with E-state index in [1.54, 1.807) is 21.3 Å². The second-order valence-corrected chi connectivity index (χ2v) is 5.15. The van der Waals surface area contributed by atoms with E-state index in [-0.39, 0.29) is 24.4 Å². The van der Waals surface area contributed by atoms with Crippen molar-refractivity contribution in [2.75, 3.05) is 27.9 Å². The minimum absolute atomic E-state index is 0. The van der Waals surface area contributed by atoms with Crippen LogP contribution in [0.2, 0.25) is 0 Å². The summed E-state index contributed by atoms with van der Waals surface area (Å²) >= 11 is 0. The standard InChI is InChI=1S/C16H26N2O4.ClH/c1-11(17)7-8-18-15(19)6-5-12-9-13(20-2)16(22-4)14(10-12)21-3;/h9-11H,5-8,17H2,1-4H3,(H,18,19);1H. The number of benzene rings is 1. The van der Waals surface area contributed by atoms with Crippen LogP contribution in [0.4, 0.5) is 0 Å². The first-order chi connectivity index (χ1) is 10.5. The number of rotatable bonds is 9. The maximum Gasteiger partial charge on any atom is 0.220 e. The number of nitrogens with one attached hydrogen (secondary N) is 1. The number of hydrogen-bond acceptors (Lipinski definition) is 5. The summed E-state index contributed by atoms with van der Waals surface area (Å²) in [7, 11) is 4.70. The third-order valence-corrected chi connectivity index (χ3v) is 3.29. The third-order valence-electron chi connectivity index (χ3n) is 3.29. The molecule has 1 aromatic carbocycles. The van der Waals surface area contributed by atoms with Gasteiger partial charge in [-0.05, 0) is 37.5 Å². The van der Waals surface area contributed by atoms with Crippen molar-refractivity contribution in [3.8, 4) is 17.2 Å². The van der Waals surface area contributed by atoms with Crippen LogP contribution in [0.1, 0.15) is 25.3 Å². The van der Waals surface area contributed by atoms with Crippen molar-refractivity contribution in [2.45, 2.75) is 32.2 Å². The van der Waals surface area contributed by atoms with E-state index in [9.17, 15) is 4.79 Å². The summed E-state index contributed by atoms with van der Waals surface area (Å²) < 4.78 is 15.9. The summed E-state index contributed by atoms with van der Waals surface area (Å²) in [5.74, 6) is 1.74. The first-order valence-electron chi connectivity index (χ1n) is 7.33. The second-order valence-electron chi connectivity index (χ2n) is 5.15. The van der Waals surface area contributed by atoms with E-state index >= 15 is 0 Å². The van der Waals surface area contributed by atoms with Crippen molar-refractivity contribution in [2.24, 2.45) is 5.73 Å². The van der Waals surface area contributed by atoms with Crippen molar-refractivity contribution in [3.05, 3.63) is 17.7 Å². The van der Waals surface area contributed by atoms with Gasteiger partial charge < -0.3 is 25.3 Å². The van der Waals surface area contributed by atoms with Crippen LogP contribution in [0, 0.1) is 0 Å². The fourth-order valence-corrected chi connectivity index (χ4v) is 2.07. The number of carbonyl (C=O) groups is 1. The molecule has 1 rings (SSSR count). The molecule has 0 radical (unpaired) electrons. The predicted octanol–water partition coefficient (Wildman–Crippen LogP) is 1.92. The van der Waals surface area contributed by atoms with E-state index in [1.165, 1.54) is 0 Å². The zero-order chi connectivity index (χ0) is 16.5. The lowest BCUT2D eigenvalue weighted by Crippen LogP contribution is -2.29. The fourth-order valence-electron chi connectivity index (χ4n) is 2.07. The molecule has 1 aromatic rings. The van der Waals surface area contributed by atoms with Gasteiger partial charge in [0.05, 0.1) is 21.3 Å². The number of nitrogens with two attached hydrogens (primary N) is 1. The molecule has 0 aliphatic rings. The first-order valence-corrected chi connectivity index (χ1v) is 7.33. The minimum atomic E-state index is 0. The maximum atomic E-state index is 11.8. The Labute approximate surface area is 144 Å². The van der Waals surface area contributed by atoms with Gasteiger partial charge in [0.15, 0.2) is 11.5 Å². The molecule has 0 bridgehead atoms. The number of aryl methyl sites for hydroxylation is 1. The zero-order valence-electron chi connectivity index (χ0n) is 14.2.